The zero-order valence-electron chi connectivity index (χ0n) is 11.0. The van der Waals surface area contributed by atoms with Crippen molar-refractivity contribution in [3.63, 3.8) is 0 Å². The van der Waals surface area contributed by atoms with Gasteiger partial charge in [-0.3, -0.25) is 0 Å². The molecule has 1 amide bonds. The Hall–Kier alpha value is -0.810. The summed E-state index contributed by atoms with van der Waals surface area (Å²) in [5.74, 6) is 0. The van der Waals surface area contributed by atoms with Gasteiger partial charge in [0.1, 0.15) is 5.60 Å². The third-order valence-corrected chi connectivity index (χ3v) is 1.89. The maximum Gasteiger partial charge on any atom is 0.407 e. The van der Waals surface area contributed by atoms with Crippen molar-refractivity contribution in [2.75, 3.05) is 13.1 Å². The maximum atomic E-state index is 11.4. The summed E-state index contributed by atoms with van der Waals surface area (Å²) in [6, 6.07) is 0.270. The van der Waals surface area contributed by atoms with Gasteiger partial charge in [0.15, 0.2) is 0 Å². The van der Waals surface area contributed by atoms with E-state index in [1.54, 1.807) is 0 Å². The van der Waals surface area contributed by atoms with E-state index in [1.165, 1.54) is 0 Å². The summed E-state index contributed by atoms with van der Waals surface area (Å²) >= 11 is 0. The Kier molecular flexibility index (Phi) is 6.36. The van der Waals surface area contributed by atoms with Gasteiger partial charge >= 0.3 is 6.09 Å². The number of hydrogen-bond donors (Lipinski definition) is 3. The van der Waals surface area contributed by atoms with Crippen LogP contribution in [0.5, 0.6) is 0 Å². The molecule has 4 N–H and O–H groups in total. The van der Waals surface area contributed by atoms with E-state index in [0.29, 0.717) is 13.1 Å². The minimum Gasteiger partial charge on any atom is -0.444 e. The molecule has 5 nitrogen and oxygen atoms in total. The van der Waals surface area contributed by atoms with Crippen molar-refractivity contribution in [2.45, 2.75) is 52.3 Å². The van der Waals surface area contributed by atoms with Gasteiger partial charge in [-0.15, -0.1) is 0 Å². The quantitative estimate of drug-likeness (QED) is 0.655. The van der Waals surface area contributed by atoms with Crippen LogP contribution >= 0.6 is 0 Å². The summed E-state index contributed by atoms with van der Waals surface area (Å²) < 4.78 is 5.14. The van der Waals surface area contributed by atoms with E-state index in [1.807, 2.05) is 34.6 Å². The summed E-state index contributed by atoms with van der Waals surface area (Å²) in [6.07, 6.45) is -0.387. The number of hydrogen-bond acceptors (Lipinski definition) is 4. The highest BCUT2D eigenvalue weighted by Crippen LogP contribution is 2.06. The molecule has 0 bridgehead atoms. The van der Waals surface area contributed by atoms with E-state index in [-0.39, 0.29) is 18.2 Å². The molecule has 96 valence electrons. The maximum absolute atomic E-state index is 11.4. The van der Waals surface area contributed by atoms with Crippen LogP contribution in [0, 0.1) is 0 Å². The van der Waals surface area contributed by atoms with Gasteiger partial charge < -0.3 is 21.1 Å². The molecule has 0 aliphatic carbocycles. The monoisotopic (exact) mass is 231 g/mol. The molecule has 2 unspecified atom stereocenters. The van der Waals surface area contributed by atoms with E-state index in [9.17, 15) is 4.79 Å². The molecule has 0 aliphatic heterocycles. The van der Waals surface area contributed by atoms with Crippen molar-refractivity contribution in [3.05, 3.63) is 0 Å². The molecule has 0 spiro atoms. The van der Waals surface area contributed by atoms with Gasteiger partial charge in [-0.2, -0.15) is 0 Å². The molecular weight excluding hydrogens is 206 g/mol. The van der Waals surface area contributed by atoms with Gasteiger partial charge in [0, 0.05) is 25.2 Å². The number of nitrogens with one attached hydrogen (secondary N) is 2. The number of alkyl carbamates (subject to hydrolysis) is 1. The number of carbonyl (C=O) groups is 1. The summed E-state index contributed by atoms with van der Waals surface area (Å²) in [6.45, 7) is 10.7. The van der Waals surface area contributed by atoms with Crippen LogP contribution < -0.4 is 16.4 Å². The van der Waals surface area contributed by atoms with E-state index in [2.05, 4.69) is 10.6 Å². The van der Waals surface area contributed by atoms with Gasteiger partial charge in [0.2, 0.25) is 0 Å². The SMILES string of the molecule is CC(CN)NCC(C)NC(=O)OC(C)(C)C. The van der Waals surface area contributed by atoms with E-state index in [0.717, 1.165) is 0 Å². The predicted molar refractivity (Wildman–Crippen MR) is 65.4 cm³/mol. The molecule has 0 aromatic carbocycles. The molecule has 0 saturated heterocycles. The molecule has 5 heteroatoms. The Labute approximate surface area is 98.1 Å². The third-order valence-electron chi connectivity index (χ3n) is 1.89. The molecule has 0 heterocycles. The average molecular weight is 231 g/mol. The Morgan fingerprint density at radius 2 is 1.88 bits per heavy atom. The summed E-state index contributed by atoms with van der Waals surface area (Å²) in [4.78, 5) is 11.4. The first-order valence-corrected chi connectivity index (χ1v) is 5.67. The highest BCUT2D eigenvalue weighted by molar-refractivity contribution is 5.68. The summed E-state index contributed by atoms with van der Waals surface area (Å²) in [7, 11) is 0. The van der Waals surface area contributed by atoms with Crippen molar-refractivity contribution in [2.24, 2.45) is 5.73 Å². The summed E-state index contributed by atoms with van der Waals surface area (Å²) in [5, 5.41) is 5.96. The van der Waals surface area contributed by atoms with E-state index < -0.39 is 5.60 Å². The normalized spacial score (nSPS) is 15.4. The fraction of sp³-hybridized carbons (Fsp3) is 0.909. The fourth-order valence-corrected chi connectivity index (χ4v) is 1.02. The molecule has 0 fully saturated rings. The number of rotatable bonds is 5. The summed E-state index contributed by atoms with van der Waals surface area (Å²) in [5.41, 5.74) is 5.01. The lowest BCUT2D eigenvalue weighted by atomic mass is 10.2. The van der Waals surface area contributed by atoms with Gasteiger partial charge in [0.25, 0.3) is 0 Å². The van der Waals surface area contributed by atoms with Crippen LogP contribution in [0.25, 0.3) is 0 Å². The van der Waals surface area contributed by atoms with Crippen LogP contribution in [-0.4, -0.2) is 36.9 Å². The zero-order chi connectivity index (χ0) is 12.8. The smallest absolute Gasteiger partial charge is 0.407 e. The van der Waals surface area contributed by atoms with Crippen LogP contribution in [0.1, 0.15) is 34.6 Å². The first-order valence-electron chi connectivity index (χ1n) is 5.67. The lowest BCUT2D eigenvalue weighted by Gasteiger charge is -2.22. The minimum absolute atomic E-state index is 0.0175. The topological polar surface area (TPSA) is 76.4 Å². The highest BCUT2D eigenvalue weighted by Gasteiger charge is 2.17. The standard InChI is InChI=1S/C11H25N3O2/c1-8(6-12)13-7-9(2)14-10(15)16-11(3,4)5/h8-9,13H,6-7,12H2,1-5H3,(H,14,15). The number of amides is 1. The van der Waals surface area contributed by atoms with Gasteiger partial charge in [0.05, 0.1) is 0 Å². The molecule has 0 saturated carbocycles. The molecule has 0 aromatic heterocycles. The molecule has 0 aromatic rings. The van der Waals surface area contributed by atoms with Crippen molar-refractivity contribution in [3.8, 4) is 0 Å². The lowest BCUT2D eigenvalue weighted by molar-refractivity contribution is 0.0508. The number of carbonyl (C=O) groups excluding carboxylic acids is 1. The second kappa shape index (κ2) is 6.70. The number of ether oxygens (including phenoxy) is 1. The van der Waals surface area contributed by atoms with Crippen molar-refractivity contribution in [1.29, 1.82) is 0 Å². The molecule has 0 rings (SSSR count). The first-order chi connectivity index (χ1) is 7.24. The highest BCUT2D eigenvalue weighted by atomic mass is 16.6. The largest absolute Gasteiger partial charge is 0.444 e. The molecule has 0 aliphatic rings. The molecular formula is C11H25N3O2. The minimum atomic E-state index is -0.457. The van der Waals surface area contributed by atoms with Crippen molar-refractivity contribution < 1.29 is 9.53 Å². The second-order valence-corrected chi connectivity index (χ2v) is 5.09. The first kappa shape index (κ1) is 15.2. The van der Waals surface area contributed by atoms with Crippen LogP contribution in [0.4, 0.5) is 4.79 Å². The van der Waals surface area contributed by atoms with Crippen LogP contribution in [0.3, 0.4) is 0 Å². The second-order valence-electron chi connectivity index (χ2n) is 5.09. The number of nitrogens with two attached hydrogens (primary N) is 1. The van der Waals surface area contributed by atoms with Gasteiger partial charge in [-0.05, 0) is 34.6 Å². The molecule has 16 heavy (non-hydrogen) atoms. The Morgan fingerprint density at radius 3 is 2.31 bits per heavy atom. The lowest BCUT2D eigenvalue weighted by Crippen LogP contribution is -2.45. The molecule has 0 radical (unpaired) electrons. The Bertz CT molecular complexity index is 214. The van der Waals surface area contributed by atoms with Crippen molar-refractivity contribution in [1.82, 2.24) is 10.6 Å². The zero-order valence-corrected chi connectivity index (χ0v) is 11.0. The fourth-order valence-electron chi connectivity index (χ4n) is 1.02. The van der Waals surface area contributed by atoms with Crippen LogP contribution in [-0.2, 0) is 4.74 Å². The molecule has 2 atom stereocenters. The Balaban J connectivity index is 3.79. The Morgan fingerprint density at radius 1 is 1.31 bits per heavy atom. The van der Waals surface area contributed by atoms with Gasteiger partial charge in [-0.25, -0.2) is 4.79 Å². The van der Waals surface area contributed by atoms with E-state index in [4.69, 9.17) is 10.5 Å². The van der Waals surface area contributed by atoms with Crippen molar-refractivity contribution >= 4 is 6.09 Å². The van der Waals surface area contributed by atoms with Gasteiger partial charge in [-0.1, -0.05) is 0 Å². The predicted octanol–water partition coefficient (Wildman–Crippen LogP) is 0.836. The van der Waals surface area contributed by atoms with Crippen LogP contribution in [0.2, 0.25) is 0 Å². The van der Waals surface area contributed by atoms with Crippen LogP contribution in [0.15, 0.2) is 0 Å². The van der Waals surface area contributed by atoms with E-state index >= 15 is 0 Å². The third kappa shape index (κ3) is 8.49. The average Bonchev–Trinajstić information content (AvgIpc) is 2.10.